The topological polar surface area (TPSA) is 82.9 Å². The summed E-state index contributed by atoms with van der Waals surface area (Å²) in [5.74, 6) is -0.208. The highest BCUT2D eigenvalue weighted by Crippen LogP contribution is 2.15. The Kier molecular flexibility index (Phi) is 8.86. The molecule has 1 aromatic heterocycles. The van der Waals surface area contributed by atoms with Crippen molar-refractivity contribution in [2.75, 3.05) is 20.2 Å². The van der Waals surface area contributed by atoms with Crippen LogP contribution in [0.15, 0.2) is 16.7 Å². The first-order valence-corrected chi connectivity index (χ1v) is 8.02. The molecule has 0 saturated heterocycles. The predicted molar refractivity (Wildman–Crippen MR) is 85.1 cm³/mol. The SMILES string of the molecule is CCCCCCCCN(C)N=Nc1nc[nH]c1C(=O)OCC. The van der Waals surface area contributed by atoms with E-state index >= 15 is 0 Å². The lowest BCUT2D eigenvalue weighted by Crippen LogP contribution is -2.11. The number of esters is 1. The van der Waals surface area contributed by atoms with Gasteiger partial charge in [-0.3, -0.25) is 5.01 Å². The third-order valence-corrected chi connectivity index (χ3v) is 3.23. The van der Waals surface area contributed by atoms with Crippen LogP contribution in [0.2, 0.25) is 0 Å². The molecule has 0 spiro atoms. The highest BCUT2D eigenvalue weighted by atomic mass is 16.5. The molecule has 0 aliphatic carbocycles. The Morgan fingerprint density at radius 3 is 2.73 bits per heavy atom. The van der Waals surface area contributed by atoms with Gasteiger partial charge >= 0.3 is 5.97 Å². The second kappa shape index (κ2) is 10.8. The number of hydrogen-bond acceptors (Lipinski definition) is 5. The molecule has 124 valence electrons. The smallest absolute Gasteiger partial charge is 0.358 e. The zero-order valence-electron chi connectivity index (χ0n) is 13.8. The van der Waals surface area contributed by atoms with Gasteiger partial charge in [-0.05, 0) is 13.3 Å². The summed E-state index contributed by atoms with van der Waals surface area (Å²) in [6, 6.07) is 0. The van der Waals surface area contributed by atoms with Crippen LogP contribution in [0.4, 0.5) is 5.82 Å². The Hall–Kier alpha value is -1.92. The molecule has 1 heterocycles. The molecule has 1 aromatic rings. The number of imidazole rings is 1. The van der Waals surface area contributed by atoms with Gasteiger partial charge < -0.3 is 9.72 Å². The van der Waals surface area contributed by atoms with E-state index in [0.29, 0.717) is 6.61 Å². The second-order valence-electron chi connectivity index (χ2n) is 5.16. The van der Waals surface area contributed by atoms with Crippen molar-refractivity contribution in [3.63, 3.8) is 0 Å². The van der Waals surface area contributed by atoms with Crippen molar-refractivity contribution in [1.29, 1.82) is 0 Å². The number of H-pyrrole nitrogens is 1. The lowest BCUT2D eigenvalue weighted by Gasteiger charge is -2.10. The summed E-state index contributed by atoms with van der Waals surface area (Å²) in [6.45, 7) is 5.12. The fraction of sp³-hybridized carbons (Fsp3) is 0.733. The van der Waals surface area contributed by atoms with Crippen LogP contribution < -0.4 is 0 Å². The minimum atomic E-state index is -0.465. The van der Waals surface area contributed by atoms with Crippen LogP contribution in [0, 0.1) is 0 Å². The summed E-state index contributed by atoms with van der Waals surface area (Å²) >= 11 is 0. The first-order valence-electron chi connectivity index (χ1n) is 8.02. The maximum atomic E-state index is 11.7. The van der Waals surface area contributed by atoms with E-state index in [1.165, 1.54) is 38.4 Å². The number of ether oxygens (including phenoxy) is 1. The van der Waals surface area contributed by atoms with Crippen LogP contribution in [0.25, 0.3) is 0 Å². The molecule has 1 N–H and O–H groups in total. The number of aromatic amines is 1. The molecular weight excluding hydrogens is 282 g/mol. The Bertz CT molecular complexity index is 459. The van der Waals surface area contributed by atoms with Crippen LogP contribution in [-0.2, 0) is 4.74 Å². The van der Waals surface area contributed by atoms with Gasteiger partial charge in [0.15, 0.2) is 5.69 Å². The third-order valence-electron chi connectivity index (χ3n) is 3.23. The maximum absolute atomic E-state index is 11.7. The minimum Gasteiger partial charge on any atom is -0.461 e. The first kappa shape index (κ1) is 18.1. The maximum Gasteiger partial charge on any atom is 0.358 e. The number of aromatic nitrogens is 2. The van der Waals surface area contributed by atoms with Crippen molar-refractivity contribution in [1.82, 2.24) is 15.0 Å². The van der Waals surface area contributed by atoms with Crippen LogP contribution in [-0.4, -0.2) is 41.1 Å². The lowest BCUT2D eigenvalue weighted by atomic mass is 10.1. The van der Waals surface area contributed by atoms with E-state index in [2.05, 4.69) is 27.2 Å². The summed E-state index contributed by atoms with van der Waals surface area (Å²) < 4.78 is 4.92. The number of carbonyl (C=O) groups excluding carboxylic acids is 1. The van der Waals surface area contributed by atoms with Crippen molar-refractivity contribution in [3.8, 4) is 0 Å². The number of unbranched alkanes of at least 4 members (excludes halogenated alkanes) is 5. The molecular formula is C15H27N5O2. The Labute approximate surface area is 132 Å². The molecule has 7 nitrogen and oxygen atoms in total. The molecule has 0 radical (unpaired) electrons. The molecule has 0 saturated carbocycles. The average molecular weight is 309 g/mol. The van der Waals surface area contributed by atoms with Crippen LogP contribution in [0.5, 0.6) is 0 Å². The first-order chi connectivity index (χ1) is 10.7. The van der Waals surface area contributed by atoms with Crippen LogP contribution >= 0.6 is 0 Å². The number of nitrogens with one attached hydrogen (secondary N) is 1. The molecule has 22 heavy (non-hydrogen) atoms. The molecule has 7 heteroatoms. The molecule has 0 amide bonds. The van der Waals surface area contributed by atoms with Crippen molar-refractivity contribution in [2.45, 2.75) is 52.4 Å². The van der Waals surface area contributed by atoms with Gasteiger partial charge in [0.1, 0.15) is 0 Å². The zero-order valence-corrected chi connectivity index (χ0v) is 13.8. The van der Waals surface area contributed by atoms with E-state index in [1.54, 1.807) is 11.9 Å². The summed E-state index contributed by atoms with van der Waals surface area (Å²) in [4.78, 5) is 18.4. The largest absolute Gasteiger partial charge is 0.461 e. The fourth-order valence-electron chi connectivity index (χ4n) is 2.00. The third kappa shape index (κ3) is 6.69. The van der Waals surface area contributed by atoms with E-state index in [-0.39, 0.29) is 11.5 Å². The normalized spacial score (nSPS) is 11.0. The Morgan fingerprint density at radius 1 is 1.27 bits per heavy atom. The molecule has 1 rings (SSSR count). The van der Waals surface area contributed by atoms with E-state index in [9.17, 15) is 4.79 Å². The summed E-state index contributed by atoms with van der Waals surface area (Å²) in [5, 5.41) is 9.84. The quantitative estimate of drug-likeness (QED) is 0.291. The summed E-state index contributed by atoms with van der Waals surface area (Å²) in [6.07, 6.45) is 8.85. The second-order valence-corrected chi connectivity index (χ2v) is 5.16. The predicted octanol–water partition coefficient (Wildman–Crippen LogP) is 3.88. The van der Waals surface area contributed by atoms with Gasteiger partial charge in [-0.1, -0.05) is 44.3 Å². The molecule has 0 unspecified atom stereocenters. The molecule has 0 atom stereocenters. The van der Waals surface area contributed by atoms with Crippen LogP contribution in [0.3, 0.4) is 0 Å². The molecule has 0 aliphatic rings. The van der Waals surface area contributed by atoms with Crippen molar-refractivity contribution in [3.05, 3.63) is 12.0 Å². The van der Waals surface area contributed by atoms with Gasteiger partial charge in [-0.25, -0.2) is 9.78 Å². The molecule has 0 bridgehead atoms. The Morgan fingerprint density at radius 2 is 2.00 bits per heavy atom. The average Bonchev–Trinajstić information content (AvgIpc) is 2.97. The van der Waals surface area contributed by atoms with E-state index < -0.39 is 5.97 Å². The van der Waals surface area contributed by atoms with Gasteiger partial charge in [0.2, 0.25) is 5.82 Å². The van der Waals surface area contributed by atoms with Crippen molar-refractivity contribution < 1.29 is 9.53 Å². The molecule has 0 aliphatic heterocycles. The lowest BCUT2D eigenvalue weighted by molar-refractivity contribution is 0.0521. The Balaban J connectivity index is 2.35. The number of carbonyl (C=O) groups is 1. The van der Waals surface area contributed by atoms with Crippen LogP contribution in [0.1, 0.15) is 62.9 Å². The van der Waals surface area contributed by atoms with Gasteiger partial charge in [-0.2, -0.15) is 0 Å². The highest BCUT2D eigenvalue weighted by molar-refractivity contribution is 5.91. The molecule has 0 fully saturated rings. The number of hydrogen-bond donors (Lipinski definition) is 1. The number of nitrogens with zero attached hydrogens (tertiary/aromatic N) is 4. The van der Waals surface area contributed by atoms with Gasteiger partial charge in [0, 0.05) is 13.6 Å². The van der Waals surface area contributed by atoms with E-state index in [4.69, 9.17) is 4.74 Å². The monoisotopic (exact) mass is 309 g/mol. The van der Waals surface area contributed by atoms with Gasteiger partial charge in [0.25, 0.3) is 0 Å². The zero-order chi connectivity index (χ0) is 16.2. The van der Waals surface area contributed by atoms with Crippen molar-refractivity contribution >= 4 is 11.8 Å². The highest BCUT2D eigenvalue weighted by Gasteiger charge is 2.15. The summed E-state index contributed by atoms with van der Waals surface area (Å²) in [5.41, 5.74) is 0.235. The summed E-state index contributed by atoms with van der Waals surface area (Å²) in [7, 11) is 1.87. The molecule has 0 aromatic carbocycles. The van der Waals surface area contributed by atoms with E-state index in [1.807, 2.05) is 7.05 Å². The standard InChI is InChI=1S/C15H27N5O2/c1-4-6-7-8-9-10-11-20(3)19-18-14-13(16-12-17-14)15(21)22-5-2/h12H,4-11H2,1-3H3,(H,16,17). The van der Waals surface area contributed by atoms with Gasteiger partial charge in [-0.15, -0.1) is 5.11 Å². The van der Waals surface area contributed by atoms with E-state index in [0.717, 1.165) is 13.0 Å². The fourth-order valence-corrected chi connectivity index (χ4v) is 2.00. The number of rotatable bonds is 11. The minimum absolute atomic E-state index is 0.235. The van der Waals surface area contributed by atoms with Gasteiger partial charge in [0.05, 0.1) is 12.9 Å². The van der Waals surface area contributed by atoms with Crippen molar-refractivity contribution in [2.24, 2.45) is 10.3 Å².